The number of allylic oxidation sites excluding steroid dienone is 2. The van der Waals surface area contributed by atoms with Crippen LogP contribution in [0, 0.1) is 17.0 Å². The van der Waals surface area contributed by atoms with Crippen molar-refractivity contribution < 1.29 is 18.3 Å². The summed E-state index contributed by atoms with van der Waals surface area (Å²) in [5.74, 6) is -1.69. The number of methoxy groups -OCH3 is 2. The molecule has 0 unspecified atom stereocenters. The zero-order valence-corrected chi connectivity index (χ0v) is 19.5. The van der Waals surface area contributed by atoms with Crippen LogP contribution in [0.3, 0.4) is 0 Å². The van der Waals surface area contributed by atoms with Crippen LogP contribution in [-0.4, -0.2) is 49.5 Å². The SMILES string of the molecule is COc1cc(OC)c(F)c(Cc2c[nH]c3ncc(/C(C=N)=C(\C)NC4CCNCC4)cc23)c1F. The summed E-state index contributed by atoms with van der Waals surface area (Å²) in [5, 5.41) is 15.6. The molecule has 34 heavy (non-hydrogen) atoms. The molecule has 3 aromatic rings. The van der Waals surface area contributed by atoms with Crippen LogP contribution in [0.15, 0.2) is 30.2 Å². The first kappa shape index (κ1) is 23.7. The Kier molecular flexibility index (Phi) is 7.12. The highest BCUT2D eigenvalue weighted by Crippen LogP contribution is 2.34. The number of halogens is 2. The lowest BCUT2D eigenvalue weighted by molar-refractivity contribution is 0.354. The van der Waals surface area contributed by atoms with Crippen LogP contribution in [0.25, 0.3) is 16.6 Å². The van der Waals surface area contributed by atoms with Gasteiger partial charge in [0.1, 0.15) is 5.65 Å². The number of hydrogen-bond donors (Lipinski definition) is 4. The van der Waals surface area contributed by atoms with E-state index >= 15 is 0 Å². The average molecular weight is 470 g/mol. The Labute approximate surface area is 197 Å². The second kappa shape index (κ2) is 10.2. The van der Waals surface area contributed by atoms with E-state index in [0.717, 1.165) is 48.2 Å². The summed E-state index contributed by atoms with van der Waals surface area (Å²) >= 11 is 0. The number of nitrogens with one attached hydrogen (secondary N) is 4. The van der Waals surface area contributed by atoms with Crippen molar-refractivity contribution in [1.29, 1.82) is 5.41 Å². The molecule has 9 heteroatoms. The highest BCUT2D eigenvalue weighted by molar-refractivity contribution is 6.10. The fourth-order valence-electron chi connectivity index (χ4n) is 4.39. The number of fused-ring (bicyclic) bond motifs is 1. The van der Waals surface area contributed by atoms with Crippen LogP contribution >= 0.6 is 0 Å². The maximum absolute atomic E-state index is 14.9. The van der Waals surface area contributed by atoms with E-state index in [-0.39, 0.29) is 23.5 Å². The van der Waals surface area contributed by atoms with Gasteiger partial charge in [0.15, 0.2) is 23.1 Å². The lowest BCUT2D eigenvalue weighted by atomic mass is 10.00. The topological polar surface area (TPSA) is 95.1 Å². The van der Waals surface area contributed by atoms with Crippen LogP contribution in [0.2, 0.25) is 0 Å². The summed E-state index contributed by atoms with van der Waals surface area (Å²) in [6.07, 6.45) is 6.72. The number of pyridine rings is 1. The third-order valence-electron chi connectivity index (χ3n) is 6.27. The van der Waals surface area contributed by atoms with E-state index in [0.29, 0.717) is 17.3 Å². The quantitative estimate of drug-likeness (QED) is 0.372. The molecule has 0 aliphatic carbocycles. The smallest absolute Gasteiger partial charge is 0.171 e. The summed E-state index contributed by atoms with van der Waals surface area (Å²) in [5.41, 5.74) is 3.50. The number of H-pyrrole nitrogens is 1. The summed E-state index contributed by atoms with van der Waals surface area (Å²) in [6.45, 7) is 3.89. The number of ether oxygens (including phenoxy) is 2. The van der Waals surface area contributed by atoms with Crippen molar-refractivity contribution >= 4 is 22.8 Å². The minimum Gasteiger partial charge on any atom is -0.494 e. The van der Waals surface area contributed by atoms with Gasteiger partial charge < -0.3 is 30.5 Å². The van der Waals surface area contributed by atoms with Gasteiger partial charge in [-0.05, 0) is 44.5 Å². The molecule has 1 aliphatic heterocycles. The number of nitrogens with zero attached hydrogens (tertiary/aromatic N) is 1. The van der Waals surface area contributed by atoms with Gasteiger partial charge in [0.2, 0.25) is 0 Å². The van der Waals surface area contributed by atoms with Gasteiger partial charge in [0, 0.05) is 64.9 Å². The van der Waals surface area contributed by atoms with Gasteiger partial charge in [0.25, 0.3) is 0 Å². The van der Waals surface area contributed by atoms with Gasteiger partial charge in [-0.1, -0.05) is 0 Å². The molecule has 0 bridgehead atoms. The predicted molar refractivity (Wildman–Crippen MR) is 129 cm³/mol. The normalized spacial score (nSPS) is 15.2. The van der Waals surface area contributed by atoms with Crippen molar-refractivity contribution in [1.82, 2.24) is 20.6 Å². The predicted octanol–water partition coefficient (Wildman–Crippen LogP) is 4.17. The lowest BCUT2D eigenvalue weighted by Gasteiger charge is -2.26. The molecular formula is C25H29F2N5O2. The number of hydrogen-bond acceptors (Lipinski definition) is 6. The van der Waals surface area contributed by atoms with E-state index in [1.165, 1.54) is 26.5 Å². The Balaban J connectivity index is 1.71. The lowest BCUT2D eigenvalue weighted by Crippen LogP contribution is -2.39. The molecule has 0 atom stereocenters. The van der Waals surface area contributed by atoms with Crippen molar-refractivity contribution in [3.8, 4) is 11.5 Å². The van der Waals surface area contributed by atoms with E-state index in [9.17, 15) is 8.78 Å². The molecule has 0 radical (unpaired) electrons. The molecule has 1 aromatic carbocycles. The third-order valence-corrected chi connectivity index (χ3v) is 6.27. The molecule has 1 aliphatic rings. The molecule has 7 nitrogen and oxygen atoms in total. The summed E-state index contributed by atoms with van der Waals surface area (Å²) < 4.78 is 40.0. The molecule has 4 rings (SSSR count). The maximum atomic E-state index is 14.9. The average Bonchev–Trinajstić information content (AvgIpc) is 3.25. The molecule has 0 spiro atoms. The Morgan fingerprint density at radius 1 is 1.18 bits per heavy atom. The highest BCUT2D eigenvalue weighted by atomic mass is 19.1. The van der Waals surface area contributed by atoms with Gasteiger partial charge in [-0.25, -0.2) is 13.8 Å². The molecule has 2 aromatic heterocycles. The van der Waals surface area contributed by atoms with Crippen LogP contribution in [-0.2, 0) is 6.42 Å². The van der Waals surface area contributed by atoms with E-state index in [1.807, 2.05) is 13.0 Å². The van der Waals surface area contributed by atoms with Gasteiger partial charge in [-0.15, -0.1) is 0 Å². The molecule has 4 N–H and O–H groups in total. The monoisotopic (exact) mass is 469 g/mol. The van der Waals surface area contributed by atoms with Crippen molar-refractivity contribution in [2.75, 3.05) is 27.3 Å². The zero-order chi connectivity index (χ0) is 24.2. The summed E-state index contributed by atoms with van der Waals surface area (Å²) in [4.78, 5) is 7.56. The number of benzene rings is 1. The first-order chi connectivity index (χ1) is 16.5. The van der Waals surface area contributed by atoms with Gasteiger partial charge >= 0.3 is 0 Å². The molecule has 1 saturated heterocycles. The third kappa shape index (κ3) is 4.61. The molecule has 0 amide bonds. The Morgan fingerprint density at radius 2 is 1.85 bits per heavy atom. The van der Waals surface area contributed by atoms with Crippen LogP contribution in [0.5, 0.6) is 11.5 Å². The van der Waals surface area contributed by atoms with Crippen LogP contribution < -0.4 is 20.1 Å². The molecule has 0 saturated carbocycles. The maximum Gasteiger partial charge on any atom is 0.171 e. The standard InChI is InChI=1S/C25H29F2N5O2/c1-14(32-17-4-6-29-7-5-17)20(11-28)16-8-18-15(12-30-25(18)31-13-16)9-19-23(26)21(33-2)10-22(34-3)24(19)27/h8,10-13,17,28-29,32H,4-7,9H2,1-3H3,(H,30,31)/b20-14+,28-11?. The first-order valence-corrected chi connectivity index (χ1v) is 11.2. The molecule has 1 fully saturated rings. The molecular weight excluding hydrogens is 440 g/mol. The van der Waals surface area contributed by atoms with E-state index in [1.54, 1.807) is 12.4 Å². The second-order valence-electron chi connectivity index (χ2n) is 8.35. The zero-order valence-electron chi connectivity index (χ0n) is 19.5. The summed E-state index contributed by atoms with van der Waals surface area (Å²) in [6, 6.07) is 3.45. The minimum absolute atomic E-state index is 0.0215. The Hall–Kier alpha value is -3.46. The summed E-state index contributed by atoms with van der Waals surface area (Å²) in [7, 11) is 2.65. The molecule has 180 valence electrons. The largest absolute Gasteiger partial charge is 0.494 e. The van der Waals surface area contributed by atoms with E-state index < -0.39 is 11.6 Å². The Morgan fingerprint density at radius 3 is 2.47 bits per heavy atom. The van der Waals surface area contributed by atoms with Gasteiger partial charge in [-0.3, -0.25) is 0 Å². The van der Waals surface area contributed by atoms with Crippen LogP contribution in [0.4, 0.5) is 8.78 Å². The number of aromatic amines is 1. The number of aromatic nitrogens is 2. The van der Waals surface area contributed by atoms with Gasteiger partial charge in [-0.2, -0.15) is 0 Å². The number of rotatable bonds is 8. The fourth-order valence-corrected chi connectivity index (χ4v) is 4.39. The van der Waals surface area contributed by atoms with E-state index in [4.69, 9.17) is 14.9 Å². The molecule has 3 heterocycles. The second-order valence-corrected chi connectivity index (χ2v) is 8.35. The van der Waals surface area contributed by atoms with Crippen molar-refractivity contribution in [2.24, 2.45) is 0 Å². The Bertz CT molecular complexity index is 1200. The minimum atomic E-state index is -0.763. The van der Waals surface area contributed by atoms with Crippen molar-refractivity contribution in [3.63, 3.8) is 0 Å². The number of piperidine rings is 1. The van der Waals surface area contributed by atoms with Gasteiger partial charge in [0.05, 0.1) is 14.2 Å². The van der Waals surface area contributed by atoms with Crippen molar-refractivity contribution in [2.45, 2.75) is 32.2 Å². The highest BCUT2D eigenvalue weighted by Gasteiger charge is 2.22. The van der Waals surface area contributed by atoms with Crippen LogP contribution in [0.1, 0.15) is 36.5 Å². The van der Waals surface area contributed by atoms with E-state index in [2.05, 4.69) is 20.6 Å². The fraction of sp³-hybridized carbons (Fsp3) is 0.360. The first-order valence-electron chi connectivity index (χ1n) is 11.2. The van der Waals surface area contributed by atoms with Crippen molar-refractivity contribution in [3.05, 3.63) is 58.5 Å².